The molecule has 28 heavy (non-hydrogen) atoms. The van der Waals surface area contributed by atoms with Crippen LogP contribution in [-0.2, 0) is 0 Å². The highest BCUT2D eigenvalue weighted by Gasteiger charge is 2.23. The summed E-state index contributed by atoms with van der Waals surface area (Å²) in [5.41, 5.74) is -0.121. The molecule has 3 rings (SSSR count). The third kappa shape index (κ3) is 4.55. The molecule has 2 aromatic heterocycles. The van der Waals surface area contributed by atoms with Gasteiger partial charge in [-0.25, -0.2) is 9.66 Å². The number of aromatic nitrogens is 3. The zero-order chi connectivity index (χ0) is 19.1. The standard InChI is InChI=1S/C18H20ClN5O2.CH4.ClH/c1-10(18(2,3)26)22-17-21-9-11-8-13(12-6-4-5-7-14(12)19)16(25)24(20)15(11)23-17;;/h4-10,26H,20H2,1-3H3,(H,21,22,23);1H4;1H/t10-;;/m0../s1. The maximum atomic E-state index is 12.7. The normalized spacial score (nSPS) is 12.0. The zero-order valence-corrected chi connectivity index (χ0v) is 16.7. The number of nitrogens with two attached hydrogens (primary N) is 1. The number of rotatable bonds is 4. The van der Waals surface area contributed by atoms with E-state index in [1.807, 2.05) is 6.92 Å². The van der Waals surface area contributed by atoms with Crippen molar-refractivity contribution in [3.05, 3.63) is 51.9 Å². The minimum absolute atomic E-state index is 0. The first-order valence-corrected chi connectivity index (χ1v) is 8.48. The van der Waals surface area contributed by atoms with Gasteiger partial charge in [-0.05, 0) is 32.9 Å². The van der Waals surface area contributed by atoms with Crippen LogP contribution in [0.4, 0.5) is 5.95 Å². The lowest BCUT2D eigenvalue weighted by molar-refractivity contribution is 0.0646. The van der Waals surface area contributed by atoms with Crippen LogP contribution < -0.4 is 16.7 Å². The Kier molecular flexibility index (Phi) is 7.42. The third-order valence-electron chi connectivity index (χ3n) is 4.34. The topological polar surface area (TPSA) is 106 Å². The summed E-state index contributed by atoms with van der Waals surface area (Å²) in [6.45, 7) is 5.17. The predicted molar refractivity (Wildman–Crippen MR) is 118 cm³/mol. The van der Waals surface area contributed by atoms with Crippen molar-refractivity contribution >= 4 is 41.0 Å². The number of aliphatic hydroxyl groups is 1. The maximum Gasteiger partial charge on any atom is 0.278 e. The Morgan fingerprint density at radius 3 is 2.54 bits per heavy atom. The number of halogens is 2. The molecule has 0 unspecified atom stereocenters. The Bertz CT molecular complexity index is 1030. The van der Waals surface area contributed by atoms with Crippen LogP contribution in [0.3, 0.4) is 0 Å². The summed E-state index contributed by atoms with van der Waals surface area (Å²) in [5, 5.41) is 14.1. The summed E-state index contributed by atoms with van der Waals surface area (Å²) in [5.74, 6) is 6.26. The van der Waals surface area contributed by atoms with Gasteiger partial charge >= 0.3 is 0 Å². The molecule has 1 atom stereocenters. The molecule has 0 aliphatic carbocycles. The highest BCUT2D eigenvalue weighted by atomic mass is 35.5. The summed E-state index contributed by atoms with van der Waals surface area (Å²) in [7, 11) is 0. The largest absolute Gasteiger partial charge is 0.388 e. The summed E-state index contributed by atoms with van der Waals surface area (Å²) in [6.07, 6.45) is 1.57. The Hall–Kier alpha value is -2.35. The third-order valence-corrected chi connectivity index (χ3v) is 4.67. The fraction of sp³-hybridized carbons (Fsp3) is 0.316. The van der Waals surface area contributed by atoms with Crippen molar-refractivity contribution < 1.29 is 5.11 Å². The molecule has 7 nitrogen and oxygen atoms in total. The smallest absolute Gasteiger partial charge is 0.278 e. The monoisotopic (exact) mass is 425 g/mol. The van der Waals surface area contributed by atoms with Crippen LogP contribution in [0, 0.1) is 0 Å². The van der Waals surface area contributed by atoms with Crippen molar-refractivity contribution in [1.29, 1.82) is 0 Å². The van der Waals surface area contributed by atoms with Crippen molar-refractivity contribution in [2.45, 2.75) is 39.8 Å². The molecule has 9 heteroatoms. The lowest BCUT2D eigenvalue weighted by Gasteiger charge is -2.26. The number of anilines is 1. The van der Waals surface area contributed by atoms with E-state index in [1.54, 1.807) is 50.4 Å². The van der Waals surface area contributed by atoms with E-state index < -0.39 is 11.2 Å². The van der Waals surface area contributed by atoms with Gasteiger partial charge in [0.2, 0.25) is 5.95 Å². The van der Waals surface area contributed by atoms with Crippen LogP contribution in [0.15, 0.2) is 41.3 Å². The lowest BCUT2D eigenvalue weighted by atomic mass is 10.0. The van der Waals surface area contributed by atoms with Crippen LogP contribution in [0.5, 0.6) is 0 Å². The van der Waals surface area contributed by atoms with E-state index >= 15 is 0 Å². The maximum absolute atomic E-state index is 12.7. The fourth-order valence-electron chi connectivity index (χ4n) is 2.43. The Morgan fingerprint density at radius 2 is 1.93 bits per heavy atom. The van der Waals surface area contributed by atoms with Gasteiger partial charge in [0.15, 0.2) is 5.65 Å². The van der Waals surface area contributed by atoms with Gasteiger partial charge in [-0.1, -0.05) is 37.2 Å². The van der Waals surface area contributed by atoms with E-state index in [0.29, 0.717) is 21.5 Å². The average molecular weight is 426 g/mol. The van der Waals surface area contributed by atoms with E-state index in [9.17, 15) is 9.90 Å². The van der Waals surface area contributed by atoms with Crippen LogP contribution in [-0.4, -0.2) is 31.4 Å². The molecule has 4 N–H and O–H groups in total. The SMILES string of the molecule is C.C[C@H](Nc1ncc2cc(-c3ccccc3Cl)c(=O)n(N)c2n1)C(C)(C)O.Cl. The predicted octanol–water partition coefficient (Wildman–Crippen LogP) is 3.45. The van der Waals surface area contributed by atoms with Gasteiger partial charge in [0.1, 0.15) is 0 Å². The average Bonchev–Trinajstić information content (AvgIpc) is 2.58. The van der Waals surface area contributed by atoms with E-state index in [0.717, 1.165) is 4.68 Å². The molecule has 0 aliphatic heterocycles. The molecule has 3 aromatic rings. The zero-order valence-electron chi connectivity index (χ0n) is 15.1. The number of nitrogen functional groups attached to an aromatic ring is 1. The van der Waals surface area contributed by atoms with Crippen molar-refractivity contribution in [3.63, 3.8) is 0 Å². The molecule has 0 amide bonds. The number of fused-ring (bicyclic) bond motifs is 1. The highest BCUT2D eigenvalue weighted by Crippen LogP contribution is 2.26. The Morgan fingerprint density at radius 1 is 1.29 bits per heavy atom. The van der Waals surface area contributed by atoms with Crippen molar-refractivity contribution in [2.24, 2.45) is 0 Å². The van der Waals surface area contributed by atoms with Crippen molar-refractivity contribution in [1.82, 2.24) is 14.6 Å². The second-order valence-electron chi connectivity index (χ2n) is 6.71. The Balaban J connectivity index is 0.00000196. The van der Waals surface area contributed by atoms with Crippen LogP contribution >= 0.6 is 24.0 Å². The molecule has 0 saturated carbocycles. The number of pyridine rings is 1. The van der Waals surface area contributed by atoms with Gasteiger partial charge in [0.25, 0.3) is 5.56 Å². The fourth-order valence-corrected chi connectivity index (χ4v) is 2.67. The number of nitrogens with zero attached hydrogens (tertiary/aromatic N) is 3. The molecule has 0 saturated heterocycles. The highest BCUT2D eigenvalue weighted by molar-refractivity contribution is 6.33. The van der Waals surface area contributed by atoms with Crippen molar-refractivity contribution in [3.8, 4) is 11.1 Å². The van der Waals surface area contributed by atoms with Gasteiger partial charge in [0.05, 0.1) is 17.2 Å². The second kappa shape index (κ2) is 8.77. The molecule has 152 valence electrons. The molecule has 2 heterocycles. The molecule has 0 spiro atoms. The lowest BCUT2D eigenvalue weighted by Crippen LogP contribution is -2.40. The van der Waals surface area contributed by atoms with Crippen LogP contribution in [0.2, 0.25) is 5.02 Å². The first-order chi connectivity index (χ1) is 12.2. The minimum atomic E-state index is -0.964. The number of nitrogens with one attached hydrogen (secondary N) is 1. The van der Waals surface area contributed by atoms with Gasteiger partial charge in [-0.3, -0.25) is 4.79 Å². The quantitative estimate of drug-likeness (QED) is 0.552. The number of hydrogen-bond donors (Lipinski definition) is 3. The van der Waals surface area contributed by atoms with E-state index in [-0.39, 0.29) is 37.5 Å². The van der Waals surface area contributed by atoms with Gasteiger partial charge in [0, 0.05) is 22.2 Å². The van der Waals surface area contributed by atoms with Gasteiger partial charge in [-0.2, -0.15) is 4.98 Å². The summed E-state index contributed by atoms with van der Waals surface area (Å²) in [6, 6.07) is 8.42. The van der Waals surface area contributed by atoms with Crippen molar-refractivity contribution in [2.75, 3.05) is 11.2 Å². The summed E-state index contributed by atoms with van der Waals surface area (Å²) < 4.78 is 0.982. The van der Waals surface area contributed by atoms with E-state index in [1.165, 1.54) is 0 Å². The summed E-state index contributed by atoms with van der Waals surface area (Å²) >= 11 is 6.21. The minimum Gasteiger partial charge on any atom is -0.388 e. The first-order valence-electron chi connectivity index (χ1n) is 8.10. The summed E-state index contributed by atoms with van der Waals surface area (Å²) in [4.78, 5) is 21.3. The molecular weight excluding hydrogens is 401 g/mol. The van der Waals surface area contributed by atoms with E-state index in [4.69, 9.17) is 17.4 Å². The number of hydrogen-bond acceptors (Lipinski definition) is 6. The molecular formula is C19H25Cl2N5O2. The van der Waals surface area contributed by atoms with Crippen LogP contribution in [0.25, 0.3) is 22.2 Å². The van der Waals surface area contributed by atoms with Crippen LogP contribution in [0.1, 0.15) is 28.2 Å². The molecule has 0 aliphatic rings. The van der Waals surface area contributed by atoms with Gasteiger partial charge in [-0.15, -0.1) is 12.4 Å². The molecule has 0 bridgehead atoms. The van der Waals surface area contributed by atoms with Gasteiger partial charge < -0.3 is 16.3 Å². The first kappa shape index (κ1) is 23.7. The Labute approximate surface area is 175 Å². The molecule has 1 aromatic carbocycles. The molecule has 0 radical (unpaired) electrons. The second-order valence-corrected chi connectivity index (χ2v) is 7.11. The molecule has 0 fully saturated rings. The number of benzene rings is 1. The van der Waals surface area contributed by atoms with E-state index in [2.05, 4.69) is 15.3 Å².